The Balaban J connectivity index is 2.31. The summed E-state index contributed by atoms with van der Waals surface area (Å²) in [7, 11) is -3.49. The number of hydrogen-bond donors (Lipinski definition) is 1. The normalized spacial score (nSPS) is 11.2. The zero-order valence-electron chi connectivity index (χ0n) is 10.3. The van der Waals surface area contributed by atoms with Gasteiger partial charge in [0.2, 0.25) is 0 Å². The van der Waals surface area contributed by atoms with Gasteiger partial charge in [0, 0.05) is 4.47 Å². The first-order valence-corrected chi connectivity index (χ1v) is 8.13. The molecule has 0 atom stereocenters. The molecule has 4 nitrogen and oxygen atoms in total. The molecule has 0 saturated heterocycles. The van der Waals surface area contributed by atoms with Gasteiger partial charge in [-0.1, -0.05) is 28.1 Å². The number of sulfone groups is 1. The van der Waals surface area contributed by atoms with Crippen LogP contribution in [0.5, 0.6) is 0 Å². The van der Waals surface area contributed by atoms with Crippen LogP contribution in [0.3, 0.4) is 0 Å². The molecule has 0 unspecified atom stereocenters. The first-order valence-electron chi connectivity index (χ1n) is 5.69. The molecule has 6 heteroatoms. The summed E-state index contributed by atoms with van der Waals surface area (Å²) in [5.74, 6) is -1.30. The van der Waals surface area contributed by atoms with Crippen molar-refractivity contribution in [1.82, 2.24) is 0 Å². The lowest BCUT2D eigenvalue weighted by atomic mass is 10.1. The molecule has 20 heavy (non-hydrogen) atoms. The molecular weight excluding hydrogens is 344 g/mol. The Labute approximate surface area is 125 Å². The zero-order chi connectivity index (χ0) is 14.8. The summed E-state index contributed by atoms with van der Waals surface area (Å²) in [5.41, 5.74) is 0.529. The lowest BCUT2D eigenvalue weighted by Crippen LogP contribution is -2.06. The van der Waals surface area contributed by atoms with Gasteiger partial charge < -0.3 is 5.11 Å². The van der Waals surface area contributed by atoms with Crippen LogP contribution in [0, 0.1) is 0 Å². The molecule has 0 aliphatic rings. The zero-order valence-corrected chi connectivity index (χ0v) is 12.7. The van der Waals surface area contributed by atoms with Crippen LogP contribution in [0.25, 0.3) is 0 Å². The van der Waals surface area contributed by atoms with Crippen LogP contribution in [0.2, 0.25) is 0 Å². The van der Waals surface area contributed by atoms with Gasteiger partial charge in [-0.15, -0.1) is 0 Å². The third kappa shape index (κ3) is 3.46. The molecular formula is C14H11BrO4S. The van der Waals surface area contributed by atoms with Crippen molar-refractivity contribution in [1.29, 1.82) is 0 Å². The Hall–Kier alpha value is -1.66. The van der Waals surface area contributed by atoms with E-state index in [1.165, 1.54) is 30.3 Å². The quantitative estimate of drug-likeness (QED) is 0.915. The van der Waals surface area contributed by atoms with Crippen molar-refractivity contribution in [2.24, 2.45) is 0 Å². The predicted molar refractivity (Wildman–Crippen MR) is 78.4 cm³/mol. The molecule has 0 spiro atoms. The largest absolute Gasteiger partial charge is 0.478 e. The average Bonchev–Trinajstić information content (AvgIpc) is 2.39. The fourth-order valence-electron chi connectivity index (χ4n) is 1.74. The van der Waals surface area contributed by atoms with Crippen molar-refractivity contribution < 1.29 is 18.3 Å². The standard InChI is InChI=1S/C14H11BrO4S/c15-12-4-6-13(7-5-12)20(18,19)9-10-2-1-3-11(8-10)14(16)17/h1-8H,9H2,(H,16,17). The van der Waals surface area contributed by atoms with Crippen LogP contribution in [0.15, 0.2) is 57.9 Å². The van der Waals surface area contributed by atoms with Gasteiger partial charge in [0.15, 0.2) is 9.84 Å². The smallest absolute Gasteiger partial charge is 0.335 e. The lowest BCUT2D eigenvalue weighted by molar-refractivity contribution is 0.0696. The van der Waals surface area contributed by atoms with E-state index in [2.05, 4.69) is 15.9 Å². The fraction of sp³-hybridized carbons (Fsp3) is 0.0714. The van der Waals surface area contributed by atoms with Gasteiger partial charge in [-0.2, -0.15) is 0 Å². The monoisotopic (exact) mass is 354 g/mol. The molecule has 0 aliphatic carbocycles. The highest BCUT2D eigenvalue weighted by atomic mass is 79.9. The van der Waals surface area contributed by atoms with Crippen LogP contribution in [-0.4, -0.2) is 19.5 Å². The SMILES string of the molecule is O=C(O)c1cccc(CS(=O)(=O)c2ccc(Br)cc2)c1. The third-order valence-electron chi connectivity index (χ3n) is 2.70. The highest BCUT2D eigenvalue weighted by Crippen LogP contribution is 2.19. The first-order chi connectivity index (χ1) is 9.38. The van der Waals surface area contributed by atoms with Crippen LogP contribution in [-0.2, 0) is 15.6 Å². The van der Waals surface area contributed by atoms with E-state index >= 15 is 0 Å². The van der Waals surface area contributed by atoms with Crippen LogP contribution < -0.4 is 0 Å². The maximum absolute atomic E-state index is 12.2. The number of carboxylic acids is 1. The summed E-state index contributed by atoms with van der Waals surface area (Å²) < 4.78 is 25.3. The van der Waals surface area contributed by atoms with E-state index in [0.29, 0.717) is 5.56 Å². The maximum atomic E-state index is 12.2. The van der Waals surface area contributed by atoms with E-state index in [1.54, 1.807) is 18.2 Å². The summed E-state index contributed by atoms with van der Waals surface area (Å²) in [6, 6.07) is 12.3. The molecule has 104 valence electrons. The number of carbonyl (C=O) groups is 1. The minimum Gasteiger partial charge on any atom is -0.478 e. The molecule has 0 aliphatic heterocycles. The number of halogens is 1. The molecule has 0 bridgehead atoms. The molecule has 0 aromatic heterocycles. The molecule has 0 amide bonds. The molecule has 2 aromatic carbocycles. The summed E-state index contributed by atoms with van der Waals surface area (Å²) >= 11 is 3.24. The number of rotatable bonds is 4. The van der Waals surface area contributed by atoms with Crippen LogP contribution in [0.4, 0.5) is 0 Å². The molecule has 0 radical (unpaired) electrons. The number of benzene rings is 2. The summed E-state index contributed by atoms with van der Waals surface area (Å²) in [6.45, 7) is 0. The van der Waals surface area contributed by atoms with Gasteiger partial charge >= 0.3 is 5.97 Å². The fourth-order valence-corrected chi connectivity index (χ4v) is 3.34. The Bertz CT molecular complexity index is 736. The van der Waals surface area contributed by atoms with E-state index < -0.39 is 15.8 Å². The van der Waals surface area contributed by atoms with E-state index in [-0.39, 0.29) is 16.2 Å². The minimum absolute atomic E-state index is 0.0773. The van der Waals surface area contributed by atoms with E-state index in [1.807, 2.05) is 0 Å². The van der Waals surface area contributed by atoms with E-state index in [9.17, 15) is 13.2 Å². The van der Waals surface area contributed by atoms with E-state index in [0.717, 1.165) is 4.47 Å². The predicted octanol–water partition coefficient (Wildman–Crippen LogP) is 3.12. The van der Waals surface area contributed by atoms with Crippen molar-refractivity contribution in [2.75, 3.05) is 0 Å². The van der Waals surface area contributed by atoms with Crippen molar-refractivity contribution in [2.45, 2.75) is 10.6 Å². The Morgan fingerprint density at radius 1 is 1.10 bits per heavy atom. The second-order valence-electron chi connectivity index (χ2n) is 4.22. The van der Waals surface area contributed by atoms with Crippen molar-refractivity contribution >= 4 is 31.7 Å². The highest BCUT2D eigenvalue weighted by molar-refractivity contribution is 9.10. The van der Waals surface area contributed by atoms with Gasteiger partial charge in [-0.05, 0) is 42.0 Å². The van der Waals surface area contributed by atoms with Gasteiger partial charge in [-0.3, -0.25) is 0 Å². The molecule has 0 saturated carbocycles. The second kappa shape index (κ2) is 5.76. The second-order valence-corrected chi connectivity index (χ2v) is 7.12. The van der Waals surface area contributed by atoms with Crippen molar-refractivity contribution in [3.05, 3.63) is 64.1 Å². The van der Waals surface area contributed by atoms with E-state index in [4.69, 9.17) is 5.11 Å². The summed E-state index contributed by atoms with van der Waals surface area (Å²) in [4.78, 5) is 11.1. The van der Waals surface area contributed by atoms with Gasteiger partial charge in [0.25, 0.3) is 0 Å². The lowest BCUT2D eigenvalue weighted by Gasteiger charge is -2.05. The van der Waals surface area contributed by atoms with Crippen LogP contribution >= 0.6 is 15.9 Å². The molecule has 2 rings (SSSR count). The van der Waals surface area contributed by atoms with Crippen molar-refractivity contribution in [3.8, 4) is 0 Å². The summed E-state index contributed by atoms with van der Waals surface area (Å²) in [5, 5.41) is 8.90. The molecule has 0 heterocycles. The van der Waals surface area contributed by atoms with Gasteiger partial charge in [0.1, 0.15) is 0 Å². The first kappa shape index (κ1) is 14.7. The Morgan fingerprint density at radius 2 is 1.75 bits per heavy atom. The average molecular weight is 355 g/mol. The Kier molecular flexibility index (Phi) is 4.25. The number of aromatic carboxylic acids is 1. The highest BCUT2D eigenvalue weighted by Gasteiger charge is 2.16. The van der Waals surface area contributed by atoms with Gasteiger partial charge in [-0.25, -0.2) is 13.2 Å². The number of carboxylic acid groups (broad SMARTS) is 1. The third-order valence-corrected chi connectivity index (χ3v) is 4.94. The van der Waals surface area contributed by atoms with Crippen LogP contribution in [0.1, 0.15) is 15.9 Å². The van der Waals surface area contributed by atoms with Crippen molar-refractivity contribution in [3.63, 3.8) is 0 Å². The summed E-state index contributed by atoms with van der Waals surface area (Å²) in [6.07, 6.45) is 0. The maximum Gasteiger partial charge on any atom is 0.335 e. The molecule has 2 aromatic rings. The number of hydrogen-bond acceptors (Lipinski definition) is 3. The molecule has 1 N–H and O–H groups in total. The topological polar surface area (TPSA) is 71.4 Å². The molecule has 0 fully saturated rings. The van der Waals surface area contributed by atoms with Gasteiger partial charge in [0.05, 0.1) is 16.2 Å². The Morgan fingerprint density at radius 3 is 2.35 bits per heavy atom. The minimum atomic E-state index is -3.49.